The van der Waals surface area contributed by atoms with E-state index in [1.54, 1.807) is 7.11 Å². The molecule has 1 saturated heterocycles. The zero-order chi connectivity index (χ0) is 19.1. The molecule has 3 rings (SSSR count). The molecular weight excluding hydrogens is 362 g/mol. The lowest BCUT2D eigenvalue weighted by atomic mass is 9.95. The lowest BCUT2D eigenvalue weighted by Gasteiger charge is -2.40. The third kappa shape index (κ3) is 5.30. The fourth-order valence-electron chi connectivity index (χ4n) is 4.24. The highest BCUT2D eigenvalue weighted by Crippen LogP contribution is 2.31. The zero-order valence-electron chi connectivity index (χ0n) is 16.2. The number of nitrogens with zero attached hydrogens (tertiary/aromatic N) is 2. The van der Waals surface area contributed by atoms with Crippen LogP contribution < -0.4 is 5.32 Å². The molecule has 6 nitrogen and oxygen atoms in total. The summed E-state index contributed by atoms with van der Waals surface area (Å²) in [5, 5.41) is 5.05. The van der Waals surface area contributed by atoms with Crippen LogP contribution in [-0.4, -0.2) is 74.1 Å². The van der Waals surface area contributed by atoms with Gasteiger partial charge >= 0.3 is 0 Å². The molecule has 27 heavy (non-hydrogen) atoms. The minimum Gasteiger partial charge on any atom is -0.385 e. The molecule has 2 amide bonds. The quantitative estimate of drug-likeness (QED) is 0.688. The largest absolute Gasteiger partial charge is 0.385 e. The summed E-state index contributed by atoms with van der Waals surface area (Å²) in [6.07, 6.45) is 5.53. The molecule has 1 aliphatic heterocycles. The highest BCUT2D eigenvalue weighted by Gasteiger charge is 2.37. The van der Waals surface area contributed by atoms with Crippen LogP contribution in [0.15, 0.2) is 17.5 Å². The number of ether oxygens (including phenoxy) is 1. The van der Waals surface area contributed by atoms with Gasteiger partial charge in [0.1, 0.15) is 0 Å². The summed E-state index contributed by atoms with van der Waals surface area (Å²) in [6.45, 7) is 4.24. The Hall–Kier alpha value is -1.44. The number of piperazine rings is 1. The van der Waals surface area contributed by atoms with Crippen LogP contribution in [0.2, 0.25) is 0 Å². The number of methoxy groups -OCH3 is 1. The van der Waals surface area contributed by atoms with Crippen LogP contribution in [0.25, 0.3) is 0 Å². The number of rotatable bonds is 8. The summed E-state index contributed by atoms with van der Waals surface area (Å²) < 4.78 is 5.07. The Morgan fingerprint density at radius 1 is 1.26 bits per heavy atom. The van der Waals surface area contributed by atoms with Gasteiger partial charge in [0, 0.05) is 46.4 Å². The smallest absolute Gasteiger partial charge is 0.264 e. The fourth-order valence-corrected chi connectivity index (χ4v) is 4.93. The Morgan fingerprint density at radius 2 is 2.00 bits per heavy atom. The molecule has 0 unspecified atom stereocenters. The predicted octanol–water partition coefficient (Wildman–Crippen LogP) is 2.22. The maximum Gasteiger partial charge on any atom is 0.264 e. The molecule has 150 valence electrons. The molecule has 0 radical (unpaired) electrons. The second-order valence-corrected chi connectivity index (χ2v) is 8.38. The Morgan fingerprint density at radius 3 is 2.63 bits per heavy atom. The molecule has 2 fully saturated rings. The third-order valence-electron chi connectivity index (χ3n) is 5.67. The van der Waals surface area contributed by atoms with E-state index in [0.717, 1.165) is 37.2 Å². The summed E-state index contributed by atoms with van der Waals surface area (Å²) in [4.78, 5) is 30.5. The average Bonchev–Trinajstić information content (AvgIpc) is 3.40. The first kappa shape index (κ1) is 20.3. The van der Waals surface area contributed by atoms with E-state index in [1.165, 1.54) is 24.2 Å². The van der Waals surface area contributed by atoms with Crippen molar-refractivity contribution in [3.8, 4) is 0 Å². The fraction of sp³-hybridized carbons (Fsp3) is 0.700. The summed E-state index contributed by atoms with van der Waals surface area (Å²) in [5.74, 6) is 0.703. The molecule has 0 spiro atoms. The summed E-state index contributed by atoms with van der Waals surface area (Å²) in [7, 11) is 1.68. The first-order valence-electron chi connectivity index (χ1n) is 10.0. The lowest BCUT2D eigenvalue weighted by Crippen LogP contribution is -2.58. The van der Waals surface area contributed by atoms with Crippen molar-refractivity contribution < 1.29 is 14.3 Å². The molecule has 1 N–H and O–H groups in total. The maximum atomic E-state index is 12.9. The van der Waals surface area contributed by atoms with Crippen LogP contribution in [-0.2, 0) is 9.53 Å². The standard InChI is InChI=1S/C20H31N3O3S/c1-26-14-5-9-21-19(24)18(16-6-2-3-7-16)22-10-12-23(13-11-22)20(25)17-8-4-15-27-17/h4,8,15-16,18H,2-3,5-7,9-14H2,1H3,(H,21,24)/t18-/m1/s1. The van der Waals surface area contributed by atoms with E-state index in [2.05, 4.69) is 10.2 Å². The minimum atomic E-state index is -0.0611. The van der Waals surface area contributed by atoms with Crippen molar-refractivity contribution in [3.05, 3.63) is 22.4 Å². The molecule has 0 bridgehead atoms. The molecule has 2 heterocycles. The Bertz CT molecular complexity index is 594. The first-order valence-corrected chi connectivity index (χ1v) is 10.9. The van der Waals surface area contributed by atoms with Crippen LogP contribution in [0.3, 0.4) is 0 Å². The first-order chi connectivity index (χ1) is 13.2. The number of carbonyl (C=O) groups excluding carboxylic acids is 2. The molecule has 1 aromatic heterocycles. The van der Waals surface area contributed by atoms with Crippen LogP contribution >= 0.6 is 11.3 Å². The van der Waals surface area contributed by atoms with Crippen LogP contribution in [0.4, 0.5) is 0 Å². The number of hydrogen-bond donors (Lipinski definition) is 1. The predicted molar refractivity (Wildman–Crippen MR) is 107 cm³/mol. The van der Waals surface area contributed by atoms with Gasteiger partial charge in [0.25, 0.3) is 5.91 Å². The van der Waals surface area contributed by atoms with E-state index in [9.17, 15) is 9.59 Å². The third-order valence-corrected chi connectivity index (χ3v) is 6.52. The van der Waals surface area contributed by atoms with E-state index in [1.807, 2.05) is 22.4 Å². The minimum absolute atomic E-state index is 0.0611. The highest BCUT2D eigenvalue weighted by atomic mass is 32.1. The van der Waals surface area contributed by atoms with E-state index in [0.29, 0.717) is 32.2 Å². The van der Waals surface area contributed by atoms with Crippen molar-refractivity contribution in [1.29, 1.82) is 0 Å². The summed E-state index contributed by atoms with van der Waals surface area (Å²) in [6, 6.07) is 3.74. The van der Waals surface area contributed by atoms with Crippen LogP contribution in [0.5, 0.6) is 0 Å². The number of hydrogen-bond acceptors (Lipinski definition) is 5. The number of carbonyl (C=O) groups is 2. The van der Waals surface area contributed by atoms with Gasteiger partial charge in [-0.2, -0.15) is 0 Å². The van der Waals surface area contributed by atoms with Gasteiger partial charge in [-0.3, -0.25) is 14.5 Å². The van der Waals surface area contributed by atoms with Gasteiger partial charge in [0.15, 0.2) is 0 Å². The monoisotopic (exact) mass is 393 g/mol. The van der Waals surface area contributed by atoms with Crippen LogP contribution in [0.1, 0.15) is 41.8 Å². The van der Waals surface area contributed by atoms with Crippen molar-refractivity contribution in [3.63, 3.8) is 0 Å². The molecule has 0 aromatic carbocycles. The van der Waals surface area contributed by atoms with Crippen molar-refractivity contribution in [2.75, 3.05) is 46.4 Å². The molecule has 7 heteroatoms. The van der Waals surface area contributed by atoms with Gasteiger partial charge in [0.2, 0.25) is 5.91 Å². The molecule has 1 aromatic rings. The molecule has 1 aliphatic carbocycles. The van der Waals surface area contributed by atoms with Gasteiger partial charge < -0.3 is 15.0 Å². The van der Waals surface area contributed by atoms with E-state index in [4.69, 9.17) is 4.74 Å². The number of amides is 2. The second kappa shape index (κ2) is 10.2. The maximum absolute atomic E-state index is 12.9. The molecule has 1 atom stereocenters. The summed E-state index contributed by atoms with van der Waals surface area (Å²) in [5.41, 5.74) is 0. The van der Waals surface area contributed by atoms with Crippen molar-refractivity contribution in [1.82, 2.24) is 15.1 Å². The van der Waals surface area contributed by atoms with Crippen molar-refractivity contribution in [2.24, 2.45) is 5.92 Å². The zero-order valence-corrected chi connectivity index (χ0v) is 17.0. The Kier molecular flexibility index (Phi) is 7.67. The van der Waals surface area contributed by atoms with Crippen molar-refractivity contribution in [2.45, 2.75) is 38.1 Å². The van der Waals surface area contributed by atoms with Crippen molar-refractivity contribution >= 4 is 23.2 Å². The SMILES string of the molecule is COCCCNC(=O)[C@@H](C1CCCC1)N1CCN(C(=O)c2cccs2)CC1. The second-order valence-electron chi connectivity index (χ2n) is 7.43. The van der Waals surface area contributed by atoms with Gasteiger partial charge in [-0.15, -0.1) is 11.3 Å². The normalized spacial score (nSPS) is 20.0. The van der Waals surface area contributed by atoms with E-state index in [-0.39, 0.29) is 17.9 Å². The molecular formula is C20H31N3O3S. The Labute approximate surface area is 165 Å². The lowest BCUT2D eigenvalue weighted by molar-refractivity contribution is -0.129. The number of nitrogens with one attached hydrogen (secondary N) is 1. The molecule has 1 saturated carbocycles. The topological polar surface area (TPSA) is 61.9 Å². The van der Waals surface area contributed by atoms with Gasteiger partial charge in [0.05, 0.1) is 10.9 Å². The van der Waals surface area contributed by atoms with Gasteiger partial charge in [-0.25, -0.2) is 0 Å². The van der Waals surface area contributed by atoms with E-state index >= 15 is 0 Å². The van der Waals surface area contributed by atoms with Gasteiger partial charge in [-0.05, 0) is 36.6 Å². The average molecular weight is 394 g/mol. The molecule has 2 aliphatic rings. The summed E-state index contributed by atoms with van der Waals surface area (Å²) >= 11 is 1.49. The number of thiophene rings is 1. The van der Waals surface area contributed by atoms with Crippen LogP contribution in [0, 0.1) is 5.92 Å². The van der Waals surface area contributed by atoms with E-state index < -0.39 is 0 Å². The highest BCUT2D eigenvalue weighted by molar-refractivity contribution is 7.12. The van der Waals surface area contributed by atoms with Gasteiger partial charge in [-0.1, -0.05) is 18.9 Å². The Balaban J connectivity index is 1.57.